The predicted octanol–water partition coefficient (Wildman–Crippen LogP) is 3.04. The zero-order valence-corrected chi connectivity index (χ0v) is 16.1. The summed E-state index contributed by atoms with van der Waals surface area (Å²) in [6, 6.07) is 3.56. The van der Waals surface area contributed by atoms with Gasteiger partial charge in [0.05, 0.1) is 11.3 Å². The zero-order valence-electron chi connectivity index (χ0n) is 16.1. The second kappa shape index (κ2) is 5.82. The maximum atomic E-state index is 12.8. The summed E-state index contributed by atoms with van der Waals surface area (Å²) in [6.45, 7) is 8.78. The third kappa shape index (κ3) is 2.64. The van der Waals surface area contributed by atoms with Crippen molar-refractivity contribution in [2.45, 2.75) is 53.0 Å². The first-order valence-electron chi connectivity index (χ1n) is 9.08. The van der Waals surface area contributed by atoms with E-state index in [0.29, 0.717) is 22.9 Å². The van der Waals surface area contributed by atoms with Gasteiger partial charge >= 0.3 is 0 Å². The van der Waals surface area contributed by atoms with Crippen molar-refractivity contribution in [2.24, 2.45) is 16.7 Å². The molecule has 2 saturated carbocycles. The van der Waals surface area contributed by atoms with Gasteiger partial charge in [0.25, 0.3) is 11.8 Å². The molecule has 5 heteroatoms. The molecule has 3 atom stereocenters. The van der Waals surface area contributed by atoms with Crippen LogP contribution in [0.2, 0.25) is 0 Å². The fourth-order valence-corrected chi connectivity index (χ4v) is 4.81. The molecule has 5 nitrogen and oxygen atoms in total. The number of hydrogen-bond donors (Lipinski definition) is 1. The van der Waals surface area contributed by atoms with Gasteiger partial charge in [-0.3, -0.25) is 9.59 Å². The van der Waals surface area contributed by atoms with Crippen LogP contribution in [0.15, 0.2) is 12.1 Å². The number of aromatic nitrogens is 1. The van der Waals surface area contributed by atoms with Crippen LogP contribution < -0.4 is 5.32 Å². The maximum Gasteiger partial charge on any atom is 0.271 e. The molecule has 0 saturated heterocycles. The summed E-state index contributed by atoms with van der Waals surface area (Å²) in [5, 5.41) is 3.26. The molecule has 1 N–H and O–H groups in total. The highest BCUT2D eigenvalue weighted by molar-refractivity contribution is 5.97. The third-order valence-electron chi connectivity index (χ3n) is 7.06. The first-order chi connectivity index (χ1) is 11.6. The van der Waals surface area contributed by atoms with Gasteiger partial charge in [-0.25, -0.2) is 4.98 Å². The second-order valence-electron chi connectivity index (χ2n) is 8.67. The number of amides is 2. The lowest BCUT2D eigenvalue weighted by atomic mass is 9.69. The molecule has 0 radical (unpaired) electrons. The molecule has 3 rings (SSSR count). The first-order valence-corrected chi connectivity index (χ1v) is 9.08. The molecule has 2 bridgehead atoms. The minimum absolute atomic E-state index is 0.0802. The fraction of sp³-hybridized carbons (Fsp3) is 0.650. The Kier molecular flexibility index (Phi) is 4.17. The van der Waals surface area contributed by atoms with E-state index in [2.05, 4.69) is 31.1 Å². The number of nitrogens with one attached hydrogen (secondary N) is 1. The molecule has 2 aliphatic carbocycles. The molecule has 0 aromatic carbocycles. The Bertz CT molecular complexity index is 726. The van der Waals surface area contributed by atoms with Crippen LogP contribution in [-0.4, -0.2) is 41.8 Å². The minimum atomic E-state index is -0.155. The Morgan fingerprint density at radius 3 is 2.40 bits per heavy atom. The molecule has 1 aromatic rings. The molecule has 0 spiro atoms. The Morgan fingerprint density at radius 1 is 1.24 bits per heavy atom. The van der Waals surface area contributed by atoms with Crippen LogP contribution in [0, 0.1) is 23.7 Å². The highest BCUT2D eigenvalue weighted by Crippen LogP contribution is 2.65. The van der Waals surface area contributed by atoms with Gasteiger partial charge in [0, 0.05) is 20.1 Å². The average Bonchev–Trinajstić information content (AvgIpc) is 2.87. The Morgan fingerprint density at radius 2 is 1.92 bits per heavy atom. The highest BCUT2D eigenvalue weighted by Gasteiger charge is 2.61. The van der Waals surface area contributed by atoms with E-state index in [1.54, 1.807) is 33.2 Å². The lowest BCUT2D eigenvalue weighted by Gasteiger charge is -2.39. The standard InChI is InChI=1S/C20H29N3O2/c1-12-14(7-8-15(21-12)18(25)23(5)6)17(24)22-16-11-13-9-10-20(16,4)19(13,2)3/h7-8,13,16H,9-11H2,1-6H3,(H,22,24). The van der Waals surface area contributed by atoms with Crippen LogP contribution in [0.1, 0.15) is 66.6 Å². The van der Waals surface area contributed by atoms with Crippen LogP contribution in [-0.2, 0) is 0 Å². The van der Waals surface area contributed by atoms with Crippen molar-refractivity contribution >= 4 is 11.8 Å². The summed E-state index contributed by atoms with van der Waals surface area (Å²) in [7, 11) is 3.38. The first kappa shape index (κ1) is 17.9. The Labute approximate surface area is 150 Å². The summed E-state index contributed by atoms with van der Waals surface area (Å²) in [5.74, 6) is 0.447. The largest absolute Gasteiger partial charge is 0.349 e. The van der Waals surface area contributed by atoms with Crippen LogP contribution >= 0.6 is 0 Å². The molecular weight excluding hydrogens is 314 g/mol. The molecule has 1 heterocycles. The molecule has 25 heavy (non-hydrogen) atoms. The van der Waals surface area contributed by atoms with Crippen LogP contribution in [0.5, 0.6) is 0 Å². The Balaban J connectivity index is 1.78. The molecule has 1 aromatic heterocycles. The van der Waals surface area contributed by atoms with Gasteiger partial charge in [-0.2, -0.15) is 0 Å². The van der Waals surface area contributed by atoms with E-state index in [1.165, 1.54) is 17.7 Å². The van der Waals surface area contributed by atoms with E-state index in [0.717, 1.165) is 6.42 Å². The van der Waals surface area contributed by atoms with Crippen LogP contribution in [0.3, 0.4) is 0 Å². The molecule has 136 valence electrons. The quantitative estimate of drug-likeness (QED) is 0.917. The summed E-state index contributed by atoms with van der Waals surface area (Å²) < 4.78 is 0. The van der Waals surface area contributed by atoms with Gasteiger partial charge in [-0.05, 0) is 55.1 Å². The van der Waals surface area contributed by atoms with Crippen LogP contribution in [0.4, 0.5) is 0 Å². The van der Waals surface area contributed by atoms with Crippen molar-refractivity contribution in [2.75, 3.05) is 14.1 Å². The monoisotopic (exact) mass is 343 g/mol. The number of hydrogen-bond acceptors (Lipinski definition) is 3. The number of pyridine rings is 1. The summed E-state index contributed by atoms with van der Waals surface area (Å²) >= 11 is 0. The van der Waals surface area contributed by atoms with Crippen molar-refractivity contribution < 1.29 is 9.59 Å². The zero-order chi connectivity index (χ0) is 18.6. The van der Waals surface area contributed by atoms with Crippen molar-refractivity contribution in [1.82, 2.24) is 15.2 Å². The second-order valence-corrected chi connectivity index (χ2v) is 8.67. The van der Waals surface area contributed by atoms with E-state index in [-0.39, 0.29) is 28.7 Å². The predicted molar refractivity (Wildman–Crippen MR) is 97.5 cm³/mol. The van der Waals surface area contributed by atoms with Gasteiger partial charge in [-0.15, -0.1) is 0 Å². The summed E-state index contributed by atoms with van der Waals surface area (Å²) in [4.78, 5) is 30.7. The summed E-state index contributed by atoms with van der Waals surface area (Å²) in [6.07, 6.45) is 3.49. The van der Waals surface area contributed by atoms with Crippen molar-refractivity contribution in [3.8, 4) is 0 Å². The molecular formula is C20H29N3O2. The Hall–Kier alpha value is -1.91. The fourth-order valence-electron chi connectivity index (χ4n) is 4.81. The third-order valence-corrected chi connectivity index (χ3v) is 7.06. The molecule has 2 aliphatic rings. The van der Waals surface area contributed by atoms with Gasteiger partial charge in [0.15, 0.2) is 0 Å². The van der Waals surface area contributed by atoms with Gasteiger partial charge < -0.3 is 10.2 Å². The minimum Gasteiger partial charge on any atom is -0.349 e. The van der Waals surface area contributed by atoms with Gasteiger partial charge in [-0.1, -0.05) is 20.8 Å². The topological polar surface area (TPSA) is 62.3 Å². The maximum absolute atomic E-state index is 12.8. The molecule has 2 fully saturated rings. The van der Waals surface area contributed by atoms with E-state index in [4.69, 9.17) is 0 Å². The number of rotatable bonds is 3. The summed E-state index contributed by atoms with van der Waals surface area (Å²) in [5.41, 5.74) is 1.93. The van der Waals surface area contributed by atoms with E-state index < -0.39 is 0 Å². The highest BCUT2D eigenvalue weighted by atomic mass is 16.2. The van der Waals surface area contributed by atoms with Crippen LogP contribution in [0.25, 0.3) is 0 Å². The number of aryl methyl sites for hydroxylation is 1. The number of fused-ring (bicyclic) bond motifs is 2. The van der Waals surface area contributed by atoms with Gasteiger partial charge in [0.2, 0.25) is 0 Å². The van der Waals surface area contributed by atoms with Crippen molar-refractivity contribution in [1.29, 1.82) is 0 Å². The lowest BCUT2D eigenvalue weighted by Crippen LogP contribution is -2.47. The van der Waals surface area contributed by atoms with Gasteiger partial charge in [0.1, 0.15) is 5.69 Å². The number of carbonyl (C=O) groups is 2. The molecule has 0 aliphatic heterocycles. The van der Waals surface area contributed by atoms with Crippen molar-refractivity contribution in [3.05, 3.63) is 29.1 Å². The van der Waals surface area contributed by atoms with E-state index >= 15 is 0 Å². The van der Waals surface area contributed by atoms with Crippen molar-refractivity contribution in [3.63, 3.8) is 0 Å². The number of nitrogens with zero attached hydrogens (tertiary/aromatic N) is 2. The lowest BCUT2D eigenvalue weighted by molar-refractivity contribution is 0.0810. The average molecular weight is 343 g/mol. The van der Waals surface area contributed by atoms with E-state index in [1.807, 2.05) is 0 Å². The number of carbonyl (C=O) groups excluding carboxylic acids is 2. The normalized spacial score (nSPS) is 29.5. The smallest absolute Gasteiger partial charge is 0.271 e. The molecule has 3 unspecified atom stereocenters. The SMILES string of the molecule is Cc1nc(C(=O)N(C)C)ccc1C(=O)NC1CC2CCC1(C)C2(C)C. The van der Waals surface area contributed by atoms with E-state index in [9.17, 15) is 9.59 Å². The molecule has 2 amide bonds.